The van der Waals surface area contributed by atoms with Crippen molar-refractivity contribution in [2.45, 2.75) is 51.4 Å². The molecule has 4 heteroatoms. The molecule has 0 amide bonds. The van der Waals surface area contributed by atoms with Gasteiger partial charge < -0.3 is 9.84 Å². The quantitative estimate of drug-likeness (QED) is 0.854. The molecule has 94 valence electrons. The molecule has 2 rings (SSSR count). The smallest absolute Gasteiger partial charge is 0.115 e. The average Bonchev–Trinajstić information content (AvgIpc) is 2.47. The van der Waals surface area contributed by atoms with Gasteiger partial charge in [-0.3, -0.25) is 0 Å². The van der Waals surface area contributed by atoms with E-state index < -0.39 is 6.10 Å². The van der Waals surface area contributed by atoms with Crippen LogP contribution in [0.15, 0.2) is 18.7 Å². The minimum absolute atomic E-state index is 0.0588. The van der Waals surface area contributed by atoms with Crippen LogP contribution in [0.5, 0.6) is 0 Å². The Morgan fingerprint density at radius 3 is 2.35 bits per heavy atom. The third-order valence-electron chi connectivity index (χ3n) is 3.45. The molecule has 0 aliphatic carbocycles. The van der Waals surface area contributed by atoms with Crippen molar-refractivity contribution in [1.82, 2.24) is 9.97 Å². The molecule has 0 bridgehead atoms. The Balaban J connectivity index is 2.23. The highest BCUT2D eigenvalue weighted by molar-refractivity contribution is 5.12. The van der Waals surface area contributed by atoms with Crippen LogP contribution in [0, 0.1) is 5.92 Å². The SMILES string of the molecule is CC1(C)CC(C(O)c2cncnc2)C(C)(C)O1. The van der Waals surface area contributed by atoms with Crippen molar-refractivity contribution in [3.05, 3.63) is 24.3 Å². The zero-order valence-corrected chi connectivity index (χ0v) is 10.8. The predicted octanol–water partition coefficient (Wildman–Crippen LogP) is 2.10. The molecule has 0 saturated carbocycles. The molecule has 2 atom stereocenters. The molecule has 0 radical (unpaired) electrons. The summed E-state index contributed by atoms with van der Waals surface area (Å²) in [5, 5.41) is 10.4. The lowest BCUT2D eigenvalue weighted by Gasteiger charge is -2.30. The van der Waals surface area contributed by atoms with Gasteiger partial charge in [-0.15, -0.1) is 0 Å². The minimum Gasteiger partial charge on any atom is -0.388 e. The van der Waals surface area contributed by atoms with E-state index >= 15 is 0 Å². The number of hydrogen-bond acceptors (Lipinski definition) is 4. The first-order valence-corrected chi connectivity index (χ1v) is 5.95. The first-order chi connectivity index (χ1) is 7.82. The Kier molecular flexibility index (Phi) is 2.96. The van der Waals surface area contributed by atoms with Crippen LogP contribution in [0.2, 0.25) is 0 Å². The van der Waals surface area contributed by atoms with Crippen LogP contribution in [0.3, 0.4) is 0 Å². The normalized spacial score (nSPS) is 27.9. The van der Waals surface area contributed by atoms with Gasteiger partial charge >= 0.3 is 0 Å². The van der Waals surface area contributed by atoms with E-state index in [1.54, 1.807) is 12.4 Å². The Labute approximate surface area is 102 Å². The number of hydrogen-bond donors (Lipinski definition) is 1. The van der Waals surface area contributed by atoms with Gasteiger partial charge in [0.1, 0.15) is 6.33 Å². The number of ether oxygens (including phenoxy) is 1. The first-order valence-electron chi connectivity index (χ1n) is 5.95. The lowest BCUT2D eigenvalue weighted by molar-refractivity contribution is -0.0880. The Morgan fingerprint density at radius 1 is 1.29 bits per heavy atom. The molecule has 4 nitrogen and oxygen atoms in total. The maximum Gasteiger partial charge on any atom is 0.115 e. The van der Waals surface area contributed by atoms with Crippen LogP contribution in [0.4, 0.5) is 0 Å². The fourth-order valence-electron chi connectivity index (χ4n) is 2.79. The minimum atomic E-state index is -0.576. The second-order valence-electron chi connectivity index (χ2n) is 5.89. The summed E-state index contributed by atoms with van der Waals surface area (Å²) in [7, 11) is 0. The van der Waals surface area contributed by atoms with E-state index in [0.29, 0.717) is 0 Å². The second kappa shape index (κ2) is 4.03. The zero-order valence-electron chi connectivity index (χ0n) is 10.8. The number of aromatic nitrogens is 2. The lowest BCUT2D eigenvalue weighted by Crippen LogP contribution is -2.32. The first kappa shape index (κ1) is 12.5. The Hall–Kier alpha value is -1.00. The van der Waals surface area contributed by atoms with Gasteiger partial charge in [-0.05, 0) is 34.1 Å². The van der Waals surface area contributed by atoms with E-state index in [1.165, 1.54) is 6.33 Å². The van der Waals surface area contributed by atoms with Crippen LogP contribution in [0.1, 0.15) is 45.8 Å². The average molecular weight is 236 g/mol. The molecular formula is C13H20N2O2. The van der Waals surface area contributed by atoms with E-state index in [4.69, 9.17) is 4.74 Å². The maximum atomic E-state index is 10.4. The van der Waals surface area contributed by atoms with Crippen molar-refractivity contribution >= 4 is 0 Å². The summed E-state index contributed by atoms with van der Waals surface area (Å²) >= 11 is 0. The van der Waals surface area contributed by atoms with E-state index in [2.05, 4.69) is 23.8 Å². The fourth-order valence-corrected chi connectivity index (χ4v) is 2.79. The molecule has 2 heterocycles. The third-order valence-corrected chi connectivity index (χ3v) is 3.45. The topological polar surface area (TPSA) is 55.2 Å². The van der Waals surface area contributed by atoms with Gasteiger partial charge in [0.15, 0.2) is 0 Å². The zero-order chi connectivity index (χ0) is 12.7. The number of rotatable bonds is 2. The summed E-state index contributed by atoms with van der Waals surface area (Å²) in [5.41, 5.74) is 0.232. The van der Waals surface area contributed by atoms with Gasteiger partial charge in [-0.1, -0.05) is 0 Å². The molecule has 1 saturated heterocycles. The van der Waals surface area contributed by atoms with E-state index in [1.807, 2.05) is 13.8 Å². The van der Waals surface area contributed by atoms with Crippen molar-refractivity contribution in [3.63, 3.8) is 0 Å². The molecule has 0 spiro atoms. The van der Waals surface area contributed by atoms with Crippen LogP contribution >= 0.6 is 0 Å². The number of aliphatic hydroxyl groups excluding tert-OH is 1. The van der Waals surface area contributed by atoms with Crippen LogP contribution in [0.25, 0.3) is 0 Å². The molecule has 1 N–H and O–H groups in total. The highest BCUT2D eigenvalue weighted by atomic mass is 16.5. The van der Waals surface area contributed by atoms with Crippen molar-refractivity contribution < 1.29 is 9.84 Å². The Morgan fingerprint density at radius 2 is 1.88 bits per heavy atom. The summed E-state index contributed by atoms with van der Waals surface area (Å²) in [6, 6.07) is 0. The summed E-state index contributed by atoms with van der Waals surface area (Å²) < 4.78 is 5.99. The summed E-state index contributed by atoms with van der Waals surface area (Å²) in [6.07, 6.45) is 5.05. The van der Waals surface area contributed by atoms with Crippen molar-refractivity contribution in [3.8, 4) is 0 Å². The second-order valence-corrected chi connectivity index (χ2v) is 5.89. The standard InChI is InChI=1S/C13H20N2O2/c1-12(2)5-10(13(3,4)17-12)11(16)9-6-14-8-15-7-9/h6-8,10-11,16H,5H2,1-4H3. The van der Waals surface area contributed by atoms with E-state index in [0.717, 1.165) is 12.0 Å². The van der Waals surface area contributed by atoms with Crippen LogP contribution in [-0.4, -0.2) is 26.3 Å². The van der Waals surface area contributed by atoms with Crippen LogP contribution < -0.4 is 0 Å². The van der Waals surface area contributed by atoms with Gasteiger partial charge in [0.25, 0.3) is 0 Å². The molecular weight excluding hydrogens is 216 g/mol. The summed E-state index contributed by atoms with van der Waals surface area (Å²) in [6.45, 7) is 8.17. The molecule has 0 aromatic carbocycles. The molecule has 1 aromatic heterocycles. The van der Waals surface area contributed by atoms with Crippen molar-refractivity contribution in [1.29, 1.82) is 0 Å². The van der Waals surface area contributed by atoms with Crippen LogP contribution in [-0.2, 0) is 4.74 Å². The van der Waals surface area contributed by atoms with Gasteiger partial charge in [0.2, 0.25) is 0 Å². The van der Waals surface area contributed by atoms with E-state index in [9.17, 15) is 5.11 Å². The maximum absolute atomic E-state index is 10.4. The highest BCUT2D eigenvalue weighted by Crippen LogP contribution is 2.47. The van der Waals surface area contributed by atoms with Gasteiger partial charge in [0.05, 0.1) is 17.3 Å². The lowest BCUT2D eigenvalue weighted by atomic mass is 9.81. The summed E-state index contributed by atoms with van der Waals surface area (Å²) in [5.74, 6) is 0.0588. The molecule has 1 aliphatic heterocycles. The Bertz CT molecular complexity index is 390. The molecule has 1 aliphatic rings. The molecule has 1 aromatic rings. The fraction of sp³-hybridized carbons (Fsp3) is 0.692. The van der Waals surface area contributed by atoms with Gasteiger partial charge in [-0.2, -0.15) is 0 Å². The third kappa shape index (κ3) is 2.48. The molecule has 1 fully saturated rings. The van der Waals surface area contributed by atoms with Gasteiger partial charge in [0, 0.05) is 23.9 Å². The number of nitrogens with zero attached hydrogens (tertiary/aromatic N) is 2. The highest BCUT2D eigenvalue weighted by Gasteiger charge is 2.49. The van der Waals surface area contributed by atoms with Crippen molar-refractivity contribution in [2.75, 3.05) is 0 Å². The monoisotopic (exact) mass is 236 g/mol. The summed E-state index contributed by atoms with van der Waals surface area (Å²) in [4.78, 5) is 7.90. The molecule has 17 heavy (non-hydrogen) atoms. The molecule has 2 unspecified atom stereocenters. The van der Waals surface area contributed by atoms with Crippen molar-refractivity contribution in [2.24, 2.45) is 5.92 Å². The predicted molar refractivity (Wildman–Crippen MR) is 64.3 cm³/mol. The number of aliphatic hydroxyl groups is 1. The van der Waals surface area contributed by atoms with Gasteiger partial charge in [-0.25, -0.2) is 9.97 Å². The largest absolute Gasteiger partial charge is 0.388 e. The van der Waals surface area contributed by atoms with E-state index in [-0.39, 0.29) is 17.1 Å².